The van der Waals surface area contributed by atoms with Crippen molar-refractivity contribution in [3.63, 3.8) is 0 Å². The fourth-order valence-electron chi connectivity index (χ4n) is 3.32. The number of methoxy groups -OCH3 is 1. The first-order valence-electron chi connectivity index (χ1n) is 9.92. The number of sulfonamides is 1. The van der Waals surface area contributed by atoms with Gasteiger partial charge in [0.1, 0.15) is 16.4 Å². The highest BCUT2D eigenvalue weighted by molar-refractivity contribution is 7.89. The number of halogens is 1. The highest BCUT2D eigenvalue weighted by Gasteiger charge is 2.31. The SMILES string of the molecule is CCOc1ccc(NC(=O)CN2CCN(S(=O)(=O)c3cc(Cl)ccc3OC)CC2)cc1. The van der Waals surface area contributed by atoms with Gasteiger partial charge in [-0.1, -0.05) is 11.6 Å². The predicted octanol–water partition coefficient (Wildman–Crippen LogP) is 2.69. The van der Waals surface area contributed by atoms with E-state index < -0.39 is 10.0 Å². The molecule has 168 valence electrons. The Morgan fingerprint density at radius 2 is 1.77 bits per heavy atom. The molecule has 10 heteroatoms. The summed E-state index contributed by atoms with van der Waals surface area (Å²) < 4.78 is 38.1. The van der Waals surface area contributed by atoms with Crippen LogP contribution in [0.1, 0.15) is 6.92 Å². The van der Waals surface area contributed by atoms with Crippen LogP contribution in [0.3, 0.4) is 0 Å². The predicted molar refractivity (Wildman–Crippen MR) is 119 cm³/mol. The molecular weight excluding hydrogens is 442 g/mol. The van der Waals surface area contributed by atoms with Gasteiger partial charge >= 0.3 is 0 Å². The topological polar surface area (TPSA) is 88.2 Å². The van der Waals surface area contributed by atoms with E-state index in [1.165, 1.54) is 23.5 Å². The molecule has 2 aromatic carbocycles. The van der Waals surface area contributed by atoms with Gasteiger partial charge in [-0.3, -0.25) is 9.69 Å². The van der Waals surface area contributed by atoms with Crippen molar-refractivity contribution in [3.8, 4) is 11.5 Å². The van der Waals surface area contributed by atoms with Gasteiger partial charge in [0.25, 0.3) is 0 Å². The van der Waals surface area contributed by atoms with Crippen molar-refractivity contribution in [3.05, 3.63) is 47.5 Å². The van der Waals surface area contributed by atoms with Gasteiger partial charge in [-0.25, -0.2) is 8.42 Å². The van der Waals surface area contributed by atoms with Gasteiger partial charge in [-0.15, -0.1) is 0 Å². The van der Waals surface area contributed by atoms with Crippen LogP contribution in [0.15, 0.2) is 47.4 Å². The van der Waals surface area contributed by atoms with Gasteiger partial charge in [-0.05, 0) is 49.4 Å². The van der Waals surface area contributed by atoms with Crippen LogP contribution in [0.4, 0.5) is 5.69 Å². The van der Waals surface area contributed by atoms with Crippen LogP contribution >= 0.6 is 11.6 Å². The number of piperazine rings is 1. The molecule has 31 heavy (non-hydrogen) atoms. The second-order valence-electron chi connectivity index (χ2n) is 6.98. The van der Waals surface area contributed by atoms with E-state index in [1.54, 1.807) is 30.3 Å². The summed E-state index contributed by atoms with van der Waals surface area (Å²) in [4.78, 5) is 14.3. The normalized spacial score (nSPS) is 15.5. The summed E-state index contributed by atoms with van der Waals surface area (Å²) in [5.41, 5.74) is 0.683. The third-order valence-corrected chi connectivity index (χ3v) is 7.05. The summed E-state index contributed by atoms with van der Waals surface area (Å²) >= 11 is 5.99. The number of anilines is 1. The lowest BCUT2D eigenvalue weighted by Gasteiger charge is -2.33. The minimum absolute atomic E-state index is 0.0455. The lowest BCUT2D eigenvalue weighted by atomic mass is 10.3. The first kappa shape index (κ1) is 23.3. The number of benzene rings is 2. The zero-order chi connectivity index (χ0) is 22.4. The van der Waals surface area contributed by atoms with Crippen LogP contribution in [0, 0.1) is 0 Å². The van der Waals surface area contributed by atoms with Crippen molar-refractivity contribution < 1.29 is 22.7 Å². The first-order valence-corrected chi connectivity index (χ1v) is 11.7. The van der Waals surface area contributed by atoms with Gasteiger partial charge in [0, 0.05) is 36.9 Å². The van der Waals surface area contributed by atoms with E-state index in [2.05, 4.69) is 5.32 Å². The van der Waals surface area contributed by atoms with Gasteiger partial charge in [0.15, 0.2) is 0 Å². The number of hydrogen-bond donors (Lipinski definition) is 1. The fourth-order valence-corrected chi connectivity index (χ4v) is 5.16. The minimum Gasteiger partial charge on any atom is -0.495 e. The molecule has 8 nitrogen and oxygen atoms in total. The van der Waals surface area contributed by atoms with Crippen molar-refractivity contribution in [2.24, 2.45) is 0 Å². The summed E-state index contributed by atoms with van der Waals surface area (Å²) in [6.45, 7) is 4.10. The summed E-state index contributed by atoms with van der Waals surface area (Å²) in [7, 11) is -2.33. The molecule has 1 saturated heterocycles. The zero-order valence-electron chi connectivity index (χ0n) is 17.5. The molecule has 0 aliphatic carbocycles. The fraction of sp³-hybridized carbons (Fsp3) is 0.381. The molecule has 0 atom stereocenters. The zero-order valence-corrected chi connectivity index (χ0v) is 19.1. The average Bonchev–Trinajstić information content (AvgIpc) is 2.75. The molecule has 0 saturated carbocycles. The Hall–Kier alpha value is -2.33. The van der Waals surface area contributed by atoms with Crippen LogP contribution in [0.5, 0.6) is 11.5 Å². The number of carbonyl (C=O) groups is 1. The molecule has 0 bridgehead atoms. The van der Waals surface area contributed by atoms with Crippen molar-refractivity contribution in [1.29, 1.82) is 0 Å². The van der Waals surface area contributed by atoms with E-state index in [1.807, 2.05) is 11.8 Å². The molecule has 1 fully saturated rings. The van der Waals surface area contributed by atoms with Crippen molar-refractivity contribution in [2.75, 3.05) is 51.8 Å². The number of nitrogens with zero attached hydrogens (tertiary/aromatic N) is 2. The Labute approximate surface area is 187 Å². The number of rotatable bonds is 8. The molecule has 0 aromatic heterocycles. The molecule has 3 rings (SSSR count). The average molecular weight is 468 g/mol. The van der Waals surface area contributed by atoms with E-state index in [-0.39, 0.29) is 36.2 Å². The maximum Gasteiger partial charge on any atom is 0.246 e. The van der Waals surface area contributed by atoms with Crippen molar-refractivity contribution in [1.82, 2.24) is 9.21 Å². The van der Waals surface area contributed by atoms with E-state index in [0.717, 1.165) is 5.75 Å². The highest BCUT2D eigenvalue weighted by atomic mass is 35.5. The Morgan fingerprint density at radius 1 is 1.10 bits per heavy atom. The van der Waals surface area contributed by atoms with Crippen LogP contribution in [0.2, 0.25) is 5.02 Å². The minimum atomic E-state index is -3.75. The smallest absolute Gasteiger partial charge is 0.246 e. The summed E-state index contributed by atoms with van der Waals surface area (Å²) in [5, 5.41) is 3.17. The second kappa shape index (κ2) is 10.3. The van der Waals surface area contributed by atoms with Crippen LogP contribution in [-0.4, -0.2) is 70.0 Å². The van der Waals surface area contributed by atoms with Gasteiger partial charge in [-0.2, -0.15) is 4.31 Å². The number of nitrogens with one attached hydrogen (secondary N) is 1. The highest BCUT2D eigenvalue weighted by Crippen LogP contribution is 2.30. The molecule has 0 radical (unpaired) electrons. The molecule has 1 heterocycles. The maximum atomic E-state index is 13.0. The van der Waals surface area contributed by atoms with Crippen molar-refractivity contribution >= 4 is 33.2 Å². The second-order valence-corrected chi connectivity index (χ2v) is 9.32. The van der Waals surface area contributed by atoms with E-state index >= 15 is 0 Å². The third kappa shape index (κ3) is 5.88. The molecule has 1 aliphatic rings. The van der Waals surface area contributed by atoms with Crippen LogP contribution in [0.25, 0.3) is 0 Å². The molecule has 1 N–H and O–H groups in total. The molecule has 0 spiro atoms. The Balaban J connectivity index is 1.55. The largest absolute Gasteiger partial charge is 0.495 e. The Kier molecular flexibility index (Phi) is 7.77. The molecule has 2 aromatic rings. The quantitative estimate of drug-likeness (QED) is 0.642. The Morgan fingerprint density at radius 3 is 2.39 bits per heavy atom. The van der Waals surface area contributed by atoms with E-state index in [9.17, 15) is 13.2 Å². The lowest BCUT2D eigenvalue weighted by Crippen LogP contribution is -2.50. The maximum absolute atomic E-state index is 13.0. The van der Waals surface area contributed by atoms with Crippen molar-refractivity contribution in [2.45, 2.75) is 11.8 Å². The molecule has 1 amide bonds. The lowest BCUT2D eigenvalue weighted by molar-refractivity contribution is -0.117. The molecule has 0 unspecified atom stereocenters. The number of hydrogen-bond acceptors (Lipinski definition) is 6. The monoisotopic (exact) mass is 467 g/mol. The van der Waals surface area contributed by atoms with Gasteiger partial charge < -0.3 is 14.8 Å². The summed E-state index contributed by atoms with van der Waals surface area (Å²) in [5.74, 6) is 0.840. The van der Waals surface area contributed by atoms with Gasteiger partial charge in [0.05, 0.1) is 20.3 Å². The summed E-state index contributed by atoms with van der Waals surface area (Å²) in [6.07, 6.45) is 0. The Bertz CT molecular complexity index is 1010. The number of carbonyl (C=O) groups excluding carboxylic acids is 1. The summed E-state index contributed by atoms with van der Waals surface area (Å²) in [6, 6.07) is 11.7. The molecular formula is C21H26ClN3O5S. The van der Waals surface area contributed by atoms with Crippen LogP contribution < -0.4 is 14.8 Å². The van der Waals surface area contributed by atoms with Gasteiger partial charge in [0.2, 0.25) is 15.9 Å². The first-order chi connectivity index (χ1) is 14.8. The standard InChI is InChI=1S/C21H26ClN3O5S/c1-3-30-18-7-5-17(6-8-18)23-21(26)15-24-10-12-25(13-11-24)31(27,28)20-14-16(22)4-9-19(20)29-2/h4-9,14H,3,10-13,15H2,1-2H3,(H,23,26). The van der Waals surface area contributed by atoms with E-state index in [4.69, 9.17) is 21.1 Å². The van der Waals surface area contributed by atoms with Crippen LogP contribution in [-0.2, 0) is 14.8 Å². The molecule has 1 aliphatic heterocycles. The number of amides is 1. The third-order valence-electron chi connectivity index (χ3n) is 4.89. The van der Waals surface area contributed by atoms with E-state index in [0.29, 0.717) is 30.4 Å². The number of ether oxygens (including phenoxy) is 2.